The second-order valence-electron chi connectivity index (χ2n) is 8.51. The highest BCUT2D eigenvalue weighted by atomic mass is 32.2. The average molecular weight is 368 g/mol. The fourth-order valence-electron chi connectivity index (χ4n) is 2.12. The molecule has 0 aromatic rings. The molecule has 140 valence electrons. The van der Waals surface area contributed by atoms with Crippen LogP contribution in [0, 0.1) is 5.41 Å². The van der Waals surface area contributed by atoms with E-state index in [1.54, 1.807) is 4.31 Å². The zero-order valence-electron chi connectivity index (χ0n) is 16.5. The van der Waals surface area contributed by atoms with E-state index in [-0.39, 0.29) is 28.1 Å². The molecule has 0 saturated carbocycles. The van der Waals surface area contributed by atoms with Crippen molar-refractivity contribution in [1.82, 2.24) is 4.31 Å². The van der Waals surface area contributed by atoms with Crippen molar-refractivity contribution in [2.75, 3.05) is 24.8 Å². The second kappa shape index (κ2) is 8.45. The van der Waals surface area contributed by atoms with Crippen LogP contribution in [0.4, 0.5) is 0 Å². The van der Waals surface area contributed by atoms with Crippen LogP contribution in [0.2, 0.25) is 0 Å². The predicted octanol–water partition coefficient (Wildman–Crippen LogP) is 3.59. The molecule has 0 radical (unpaired) electrons. The zero-order chi connectivity index (χ0) is 18.6. The van der Waals surface area contributed by atoms with Gasteiger partial charge in [-0.05, 0) is 51.5 Å². The second-order valence-corrected chi connectivity index (χ2v) is 12.4. The first kappa shape index (κ1) is 23.1. The van der Waals surface area contributed by atoms with Gasteiger partial charge >= 0.3 is 0 Å². The molecule has 0 bridgehead atoms. The van der Waals surface area contributed by atoms with Crippen LogP contribution in [-0.2, 0) is 14.8 Å². The highest BCUT2D eigenvalue weighted by molar-refractivity contribution is 8.13. The smallest absolute Gasteiger partial charge is 0.211 e. The molecule has 0 aromatic heterocycles. The van der Waals surface area contributed by atoms with E-state index in [1.165, 1.54) is 6.26 Å². The van der Waals surface area contributed by atoms with E-state index in [0.29, 0.717) is 6.54 Å². The molecule has 0 spiro atoms. The molecule has 1 unspecified atom stereocenters. The lowest BCUT2D eigenvalue weighted by Crippen LogP contribution is -2.50. The monoisotopic (exact) mass is 367 g/mol. The Labute approximate surface area is 147 Å². The fraction of sp³-hybridized carbons (Fsp3) is 0.941. The van der Waals surface area contributed by atoms with Gasteiger partial charge in [0.1, 0.15) is 0 Å². The predicted molar refractivity (Wildman–Crippen MR) is 105 cm³/mol. The van der Waals surface area contributed by atoms with Crippen molar-refractivity contribution in [3.63, 3.8) is 0 Å². The molecule has 4 nitrogen and oxygen atoms in total. The Morgan fingerprint density at radius 2 is 1.65 bits per heavy atom. The maximum atomic E-state index is 12.2. The molecular formula is C17H37NO3S2. The van der Waals surface area contributed by atoms with E-state index in [4.69, 9.17) is 4.74 Å². The molecule has 0 aliphatic heterocycles. The summed E-state index contributed by atoms with van der Waals surface area (Å²) in [6.45, 7) is 14.6. The van der Waals surface area contributed by atoms with Crippen molar-refractivity contribution in [2.24, 2.45) is 5.41 Å². The first-order valence-corrected chi connectivity index (χ1v) is 11.9. The van der Waals surface area contributed by atoms with Crippen LogP contribution in [0.3, 0.4) is 0 Å². The number of sulfonamides is 1. The van der Waals surface area contributed by atoms with E-state index in [2.05, 4.69) is 39.8 Å². The lowest BCUT2D eigenvalue weighted by molar-refractivity contribution is -0.0656. The van der Waals surface area contributed by atoms with Crippen LogP contribution < -0.4 is 0 Å². The normalized spacial score (nSPS) is 18.0. The van der Waals surface area contributed by atoms with Crippen LogP contribution >= 0.6 is 10.5 Å². The minimum absolute atomic E-state index is 0.0221. The lowest BCUT2D eigenvalue weighted by Gasteiger charge is -2.38. The summed E-state index contributed by atoms with van der Waals surface area (Å²) in [4.78, 5) is 0. The van der Waals surface area contributed by atoms with Gasteiger partial charge in [0.15, 0.2) is 0 Å². The van der Waals surface area contributed by atoms with Crippen molar-refractivity contribution >= 4 is 26.4 Å². The Bertz CT molecular complexity index is 487. The van der Waals surface area contributed by atoms with Gasteiger partial charge in [0, 0.05) is 12.1 Å². The largest absolute Gasteiger partial charge is 0.373 e. The van der Waals surface area contributed by atoms with Crippen molar-refractivity contribution < 1.29 is 13.2 Å². The SMILES string of the molecule is C=S(C)CC[C@H](CN(C(C)(C)C)S(C)(=O)=O)O[C@@H](C)C(C)(C)C. The van der Waals surface area contributed by atoms with Gasteiger partial charge < -0.3 is 4.74 Å². The first-order chi connectivity index (χ1) is 10.0. The Kier molecular flexibility index (Phi) is 8.49. The molecule has 23 heavy (non-hydrogen) atoms. The van der Waals surface area contributed by atoms with E-state index in [1.807, 2.05) is 20.8 Å². The zero-order valence-corrected chi connectivity index (χ0v) is 18.1. The molecule has 0 saturated heterocycles. The van der Waals surface area contributed by atoms with Crippen molar-refractivity contribution in [3.8, 4) is 0 Å². The molecular weight excluding hydrogens is 330 g/mol. The maximum Gasteiger partial charge on any atom is 0.211 e. The molecule has 3 atom stereocenters. The summed E-state index contributed by atoms with van der Waals surface area (Å²) >= 11 is 0. The summed E-state index contributed by atoms with van der Waals surface area (Å²) < 4.78 is 32.2. The van der Waals surface area contributed by atoms with E-state index < -0.39 is 15.6 Å². The van der Waals surface area contributed by atoms with Crippen molar-refractivity contribution in [2.45, 2.75) is 72.6 Å². The molecule has 0 aromatic carbocycles. The summed E-state index contributed by atoms with van der Waals surface area (Å²) in [6.07, 6.45) is 4.13. The van der Waals surface area contributed by atoms with Gasteiger partial charge in [0.05, 0.1) is 18.5 Å². The maximum absolute atomic E-state index is 12.2. The van der Waals surface area contributed by atoms with E-state index in [9.17, 15) is 8.42 Å². The van der Waals surface area contributed by atoms with E-state index in [0.717, 1.165) is 12.2 Å². The molecule has 0 N–H and O–H groups in total. The van der Waals surface area contributed by atoms with Gasteiger partial charge in [-0.15, -0.1) is 0 Å². The Morgan fingerprint density at radius 3 is 1.96 bits per heavy atom. The minimum atomic E-state index is -3.29. The number of hydrogen-bond acceptors (Lipinski definition) is 3. The number of rotatable bonds is 8. The molecule has 6 heteroatoms. The van der Waals surface area contributed by atoms with Crippen LogP contribution in [-0.4, -0.2) is 61.1 Å². The van der Waals surface area contributed by atoms with Gasteiger partial charge in [-0.3, -0.25) is 0 Å². The summed E-state index contributed by atoms with van der Waals surface area (Å²) in [5.74, 6) is 5.00. The third-order valence-corrected chi connectivity index (χ3v) is 6.35. The standard InChI is InChI=1S/C17H37NO3S2/c1-14(16(2,3)4)21-15(11-12-22(8)9)13-18(17(5,6)7)23(10,19)20/h14-15H,8,11-13H2,1-7,9-10H3/t14-,15+,22?/m0/s1. The van der Waals surface area contributed by atoms with Gasteiger partial charge in [0.25, 0.3) is 0 Å². The van der Waals surface area contributed by atoms with Crippen molar-refractivity contribution in [3.05, 3.63) is 0 Å². The fourth-order valence-corrected chi connectivity index (χ4v) is 4.22. The number of nitrogens with zero attached hydrogens (tertiary/aromatic N) is 1. The average Bonchev–Trinajstić information content (AvgIpc) is 2.27. The van der Waals surface area contributed by atoms with Gasteiger partial charge in [-0.1, -0.05) is 26.6 Å². The molecule has 0 rings (SSSR count). The summed E-state index contributed by atoms with van der Waals surface area (Å²) in [7, 11) is -3.21. The van der Waals surface area contributed by atoms with Crippen molar-refractivity contribution in [1.29, 1.82) is 0 Å². The Hall–Kier alpha value is 0.0900. The quantitative estimate of drug-likeness (QED) is 0.616. The van der Waals surface area contributed by atoms with Crippen LogP contribution in [0.1, 0.15) is 54.9 Å². The van der Waals surface area contributed by atoms with Gasteiger partial charge in [-0.25, -0.2) is 8.42 Å². The van der Waals surface area contributed by atoms with Gasteiger partial charge in [-0.2, -0.15) is 14.8 Å². The van der Waals surface area contributed by atoms with Crippen LogP contribution in [0.15, 0.2) is 0 Å². The Morgan fingerprint density at radius 1 is 1.17 bits per heavy atom. The summed E-state index contributed by atoms with van der Waals surface area (Å²) in [5, 5.41) is 0. The highest BCUT2D eigenvalue weighted by Crippen LogP contribution is 2.26. The van der Waals surface area contributed by atoms with Gasteiger partial charge in [0.2, 0.25) is 10.0 Å². The minimum Gasteiger partial charge on any atom is -0.373 e. The first-order valence-electron chi connectivity index (χ1n) is 8.10. The topological polar surface area (TPSA) is 46.6 Å². The van der Waals surface area contributed by atoms with Crippen LogP contribution in [0.5, 0.6) is 0 Å². The molecule has 0 aliphatic rings. The third kappa shape index (κ3) is 9.22. The highest BCUT2D eigenvalue weighted by Gasteiger charge is 2.33. The summed E-state index contributed by atoms with van der Waals surface area (Å²) in [5.41, 5.74) is -0.438. The number of hydrogen-bond donors (Lipinski definition) is 0. The van der Waals surface area contributed by atoms with Crippen LogP contribution in [0.25, 0.3) is 0 Å². The molecule has 0 amide bonds. The van der Waals surface area contributed by atoms with E-state index >= 15 is 0 Å². The summed E-state index contributed by atoms with van der Waals surface area (Å²) in [6, 6.07) is 0. The lowest BCUT2D eigenvalue weighted by atomic mass is 9.90. The molecule has 0 heterocycles. The molecule has 0 fully saturated rings. The Balaban J connectivity index is 5.30. The third-order valence-electron chi connectivity index (χ3n) is 3.92. The number of ether oxygens (including phenoxy) is 1. The molecule has 0 aliphatic carbocycles.